The number of likely N-dealkylation sites (tertiary alicyclic amines) is 1. The van der Waals surface area contributed by atoms with E-state index in [9.17, 15) is 9.18 Å². The van der Waals surface area contributed by atoms with Gasteiger partial charge in [0, 0.05) is 23.4 Å². The van der Waals surface area contributed by atoms with Gasteiger partial charge in [-0.3, -0.25) is 4.79 Å². The zero-order valence-electron chi connectivity index (χ0n) is 17.8. The molecule has 2 aromatic carbocycles. The van der Waals surface area contributed by atoms with Crippen molar-refractivity contribution in [3.05, 3.63) is 66.0 Å². The molecule has 0 bridgehead atoms. The summed E-state index contributed by atoms with van der Waals surface area (Å²) in [5.41, 5.74) is 1.41. The molecule has 1 amide bonds. The second-order valence-corrected chi connectivity index (χ2v) is 9.33. The number of fused-ring (bicyclic) bond motifs is 1. The Labute approximate surface area is 187 Å². The third-order valence-electron chi connectivity index (χ3n) is 5.65. The molecule has 3 aromatic rings. The van der Waals surface area contributed by atoms with Crippen LogP contribution in [0, 0.1) is 11.7 Å². The minimum Gasteiger partial charge on any atom is -0.352 e. The minimum absolute atomic E-state index is 0.0773. The second kappa shape index (κ2) is 10.2. The van der Waals surface area contributed by atoms with Crippen LogP contribution < -0.4 is 5.32 Å². The van der Waals surface area contributed by atoms with E-state index < -0.39 is 0 Å². The molecule has 6 heteroatoms. The van der Waals surface area contributed by atoms with Crippen LogP contribution >= 0.6 is 11.8 Å². The van der Waals surface area contributed by atoms with Gasteiger partial charge in [0.15, 0.2) is 0 Å². The number of carbonyl (C=O) groups is 1. The number of halogens is 1. The molecule has 0 spiro atoms. The highest BCUT2D eigenvalue weighted by Gasteiger charge is 2.16. The molecule has 1 aromatic heterocycles. The topological polar surface area (TPSA) is 45.2 Å². The van der Waals surface area contributed by atoms with Gasteiger partial charge in [-0.2, -0.15) is 0 Å². The Morgan fingerprint density at radius 3 is 2.84 bits per heavy atom. The van der Waals surface area contributed by atoms with Gasteiger partial charge < -0.3 is 10.2 Å². The maximum Gasteiger partial charge on any atom is 0.252 e. The first kappa shape index (κ1) is 21.8. The van der Waals surface area contributed by atoms with Gasteiger partial charge in [-0.15, -0.1) is 0 Å². The average Bonchev–Trinajstić information content (AvgIpc) is 2.78. The molecule has 1 fully saturated rings. The third-order valence-corrected chi connectivity index (χ3v) is 6.58. The summed E-state index contributed by atoms with van der Waals surface area (Å²) in [7, 11) is 0. The van der Waals surface area contributed by atoms with E-state index in [1.807, 2.05) is 30.3 Å². The molecular weight excluding hydrogens is 409 g/mol. The summed E-state index contributed by atoms with van der Waals surface area (Å²) in [6.07, 6.45) is 3.53. The highest BCUT2D eigenvalue weighted by atomic mass is 32.2. The number of nitrogens with one attached hydrogen (secondary N) is 1. The van der Waals surface area contributed by atoms with Crippen LogP contribution in [0.25, 0.3) is 10.9 Å². The maximum absolute atomic E-state index is 13.2. The van der Waals surface area contributed by atoms with E-state index in [0.717, 1.165) is 52.8 Å². The number of piperidine rings is 1. The van der Waals surface area contributed by atoms with Crippen molar-refractivity contribution < 1.29 is 9.18 Å². The molecule has 31 heavy (non-hydrogen) atoms. The van der Waals surface area contributed by atoms with Gasteiger partial charge in [0.2, 0.25) is 0 Å². The van der Waals surface area contributed by atoms with Crippen LogP contribution in [0.3, 0.4) is 0 Å². The number of rotatable bonds is 7. The van der Waals surface area contributed by atoms with Gasteiger partial charge in [0.05, 0.1) is 11.1 Å². The number of nitrogens with zero attached hydrogens (tertiary/aromatic N) is 2. The number of amides is 1. The fraction of sp³-hybridized carbons (Fsp3) is 0.360. The van der Waals surface area contributed by atoms with Crippen LogP contribution in [-0.4, -0.2) is 42.0 Å². The van der Waals surface area contributed by atoms with E-state index >= 15 is 0 Å². The summed E-state index contributed by atoms with van der Waals surface area (Å²) in [5.74, 6) is 0.421. The number of carbonyl (C=O) groups excluding carboxylic acids is 1. The van der Waals surface area contributed by atoms with Crippen LogP contribution in [0.15, 0.2) is 64.5 Å². The molecular formula is C25H28FN3OS. The Balaban J connectivity index is 1.43. The van der Waals surface area contributed by atoms with Crippen LogP contribution in [0.5, 0.6) is 0 Å². The summed E-state index contributed by atoms with van der Waals surface area (Å²) < 4.78 is 13.2. The Morgan fingerprint density at radius 2 is 2.03 bits per heavy atom. The van der Waals surface area contributed by atoms with Gasteiger partial charge >= 0.3 is 0 Å². The zero-order valence-corrected chi connectivity index (χ0v) is 18.6. The lowest BCUT2D eigenvalue weighted by atomic mass is 10.0. The van der Waals surface area contributed by atoms with Crippen molar-refractivity contribution in [1.82, 2.24) is 15.2 Å². The number of pyridine rings is 1. The van der Waals surface area contributed by atoms with Crippen molar-refractivity contribution in [1.29, 1.82) is 0 Å². The maximum atomic E-state index is 13.2. The molecule has 162 valence electrons. The molecule has 0 aliphatic carbocycles. The minimum atomic E-state index is -0.269. The molecule has 4 rings (SSSR count). The van der Waals surface area contributed by atoms with Gasteiger partial charge in [-0.25, -0.2) is 9.37 Å². The lowest BCUT2D eigenvalue weighted by molar-refractivity contribution is 0.0951. The quantitative estimate of drug-likeness (QED) is 0.504. The largest absolute Gasteiger partial charge is 0.352 e. The Bertz CT molecular complexity index is 1040. The molecule has 1 saturated heterocycles. The Morgan fingerprint density at radius 1 is 1.23 bits per heavy atom. The number of hydrogen-bond acceptors (Lipinski definition) is 4. The molecule has 1 N–H and O–H groups in total. The lowest BCUT2D eigenvalue weighted by Crippen LogP contribution is -2.36. The Kier molecular flexibility index (Phi) is 7.20. The van der Waals surface area contributed by atoms with Crippen molar-refractivity contribution >= 4 is 28.6 Å². The SMILES string of the molecule is C[C@H]1CCCN(CCCNC(=O)c2cc(Sc3ccc(F)cc3)nc3ccccc23)C1. The molecule has 0 radical (unpaired) electrons. The van der Waals surface area contributed by atoms with Crippen LogP contribution in [-0.2, 0) is 0 Å². The first-order chi connectivity index (χ1) is 15.1. The first-order valence-corrected chi connectivity index (χ1v) is 11.7. The fourth-order valence-electron chi connectivity index (χ4n) is 4.10. The smallest absolute Gasteiger partial charge is 0.252 e. The number of hydrogen-bond donors (Lipinski definition) is 1. The molecule has 1 aliphatic rings. The van der Waals surface area contributed by atoms with E-state index in [1.165, 1.54) is 36.7 Å². The predicted octanol–water partition coefficient (Wildman–Crippen LogP) is 5.38. The molecule has 1 aliphatic heterocycles. The van der Waals surface area contributed by atoms with Crippen molar-refractivity contribution in [2.24, 2.45) is 5.92 Å². The summed E-state index contributed by atoms with van der Waals surface area (Å²) in [6, 6.07) is 15.8. The first-order valence-electron chi connectivity index (χ1n) is 10.9. The lowest BCUT2D eigenvalue weighted by Gasteiger charge is -2.30. The number of para-hydroxylation sites is 1. The van der Waals surface area contributed by atoms with Crippen molar-refractivity contribution in [3.63, 3.8) is 0 Å². The van der Waals surface area contributed by atoms with Gasteiger partial charge in [0.25, 0.3) is 5.91 Å². The monoisotopic (exact) mass is 437 g/mol. The van der Waals surface area contributed by atoms with Crippen LogP contribution in [0.1, 0.15) is 36.5 Å². The van der Waals surface area contributed by atoms with E-state index in [0.29, 0.717) is 12.1 Å². The van der Waals surface area contributed by atoms with Gasteiger partial charge in [-0.05, 0) is 74.7 Å². The van der Waals surface area contributed by atoms with Crippen LogP contribution in [0.4, 0.5) is 4.39 Å². The number of aromatic nitrogens is 1. The summed E-state index contributed by atoms with van der Waals surface area (Å²) in [5, 5.41) is 4.65. The highest BCUT2D eigenvalue weighted by Crippen LogP contribution is 2.30. The summed E-state index contributed by atoms with van der Waals surface area (Å²) in [4.78, 5) is 21.1. The second-order valence-electron chi connectivity index (χ2n) is 8.24. The van der Waals surface area contributed by atoms with E-state index in [1.54, 1.807) is 12.1 Å². The van der Waals surface area contributed by atoms with Crippen molar-refractivity contribution in [2.75, 3.05) is 26.2 Å². The molecule has 2 heterocycles. The molecule has 4 nitrogen and oxygen atoms in total. The van der Waals surface area contributed by atoms with Crippen molar-refractivity contribution in [3.8, 4) is 0 Å². The number of benzene rings is 2. The zero-order chi connectivity index (χ0) is 21.6. The normalized spacial score (nSPS) is 17.0. The third kappa shape index (κ3) is 5.83. The molecule has 1 atom stereocenters. The summed E-state index contributed by atoms with van der Waals surface area (Å²) in [6.45, 7) is 6.31. The standard InChI is InChI=1S/C25H28FN3OS/c1-18-6-4-14-29(17-18)15-5-13-27-25(30)22-16-24(28-23-8-3-2-7-21(22)23)31-20-11-9-19(26)10-12-20/h2-3,7-12,16,18H,4-6,13-15,17H2,1H3,(H,27,30)/t18-/m0/s1. The Hall–Kier alpha value is -2.44. The highest BCUT2D eigenvalue weighted by molar-refractivity contribution is 7.99. The van der Waals surface area contributed by atoms with E-state index in [4.69, 9.17) is 0 Å². The molecule has 0 saturated carbocycles. The van der Waals surface area contributed by atoms with E-state index in [2.05, 4.69) is 22.1 Å². The van der Waals surface area contributed by atoms with Gasteiger partial charge in [0.1, 0.15) is 10.8 Å². The average molecular weight is 438 g/mol. The summed E-state index contributed by atoms with van der Waals surface area (Å²) >= 11 is 1.43. The van der Waals surface area contributed by atoms with Crippen LogP contribution in [0.2, 0.25) is 0 Å². The fourth-order valence-corrected chi connectivity index (χ4v) is 4.94. The van der Waals surface area contributed by atoms with Crippen molar-refractivity contribution in [2.45, 2.75) is 36.1 Å². The van der Waals surface area contributed by atoms with E-state index in [-0.39, 0.29) is 11.7 Å². The predicted molar refractivity (Wildman–Crippen MR) is 124 cm³/mol. The molecule has 0 unspecified atom stereocenters. The van der Waals surface area contributed by atoms with Gasteiger partial charge in [-0.1, -0.05) is 36.9 Å².